The Morgan fingerprint density at radius 2 is 1.91 bits per heavy atom. The fourth-order valence-electron chi connectivity index (χ4n) is 2.88. The number of nitrogens with one attached hydrogen (secondary N) is 2. The summed E-state index contributed by atoms with van der Waals surface area (Å²) in [7, 11) is 0. The molecule has 1 saturated carbocycles. The number of rotatable bonds is 4. The van der Waals surface area contributed by atoms with E-state index >= 15 is 0 Å². The van der Waals surface area contributed by atoms with E-state index in [4.69, 9.17) is 12.2 Å². The summed E-state index contributed by atoms with van der Waals surface area (Å²) in [5, 5.41) is 11.8. The van der Waals surface area contributed by atoms with Crippen molar-refractivity contribution in [1.29, 1.82) is 0 Å². The average Bonchev–Trinajstić information content (AvgIpc) is 2.97. The quantitative estimate of drug-likeness (QED) is 0.760. The number of hydrogen-bond acceptors (Lipinski definition) is 2. The fourth-order valence-corrected chi connectivity index (χ4v) is 3.41. The molecule has 0 spiro atoms. The molecule has 0 radical (unpaired) electrons. The predicted molar refractivity (Wildman–Crippen MR) is 102 cm³/mol. The van der Waals surface area contributed by atoms with Crippen molar-refractivity contribution in [2.24, 2.45) is 0 Å². The lowest BCUT2D eigenvalue weighted by Gasteiger charge is -2.24. The Hall–Kier alpha value is -1.40. The van der Waals surface area contributed by atoms with Gasteiger partial charge in [0.1, 0.15) is 0 Å². The summed E-state index contributed by atoms with van der Waals surface area (Å²) in [5.41, 5.74) is 1.21. The smallest absolute Gasteiger partial charge is 0.172 e. The van der Waals surface area contributed by atoms with Gasteiger partial charge in [-0.1, -0.05) is 47.3 Å². The molecule has 1 fully saturated rings. The maximum absolute atomic E-state index is 5.39. The van der Waals surface area contributed by atoms with Gasteiger partial charge in [-0.25, -0.2) is 0 Å². The lowest BCUT2D eigenvalue weighted by Crippen LogP contribution is -2.38. The van der Waals surface area contributed by atoms with Gasteiger partial charge in [-0.2, -0.15) is 5.10 Å². The van der Waals surface area contributed by atoms with Crippen molar-refractivity contribution in [3.63, 3.8) is 0 Å². The highest BCUT2D eigenvalue weighted by atomic mass is 79.9. The van der Waals surface area contributed by atoms with E-state index in [-0.39, 0.29) is 0 Å². The van der Waals surface area contributed by atoms with E-state index < -0.39 is 0 Å². The molecule has 2 N–H and O–H groups in total. The van der Waals surface area contributed by atoms with Gasteiger partial charge in [0.25, 0.3) is 0 Å². The Morgan fingerprint density at radius 3 is 2.65 bits per heavy atom. The Labute approximate surface area is 150 Å². The summed E-state index contributed by atoms with van der Waals surface area (Å²) >= 11 is 8.84. The number of benzene rings is 1. The molecular formula is C17H21BrN4S. The van der Waals surface area contributed by atoms with E-state index in [1.54, 1.807) is 0 Å². The zero-order valence-electron chi connectivity index (χ0n) is 13.0. The highest BCUT2D eigenvalue weighted by molar-refractivity contribution is 9.10. The van der Waals surface area contributed by atoms with E-state index in [1.807, 2.05) is 29.1 Å². The average molecular weight is 393 g/mol. The topological polar surface area (TPSA) is 41.9 Å². The summed E-state index contributed by atoms with van der Waals surface area (Å²) in [6.45, 7) is 0.748. The normalized spacial score (nSPS) is 15.3. The molecule has 0 bridgehead atoms. The third-order valence-electron chi connectivity index (χ3n) is 4.08. The standard InChI is InChI=1S/C17H21BrN4S/c18-14-8-6-13(7-9-14)12-22-11-10-16(21-22)20-17(23)19-15-4-2-1-3-5-15/h6-11,15H,1-5,12H2,(H2,19,20,21,23). The first kappa shape index (κ1) is 16.5. The van der Waals surface area contributed by atoms with Crippen LogP contribution < -0.4 is 10.6 Å². The maximum atomic E-state index is 5.39. The summed E-state index contributed by atoms with van der Waals surface area (Å²) < 4.78 is 3.00. The maximum Gasteiger partial charge on any atom is 0.172 e. The van der Waals surface area contributed by atoms with Crippen LogP contribution in [-0.2, 0) is 6.54 Å². The number of hydrogen-bond donors (Lipinski definition) is 2. The first-order chi connectivity index (χ1) is 11.2. The Bertz CT molecular complexity index is 647. The van der Waals surface area contributed by atoms with Crippen molar-refractivity contribution in [2.45, 2.75) is 44.7 Å². The second-order valence-electron chi connectivity index (χ2n) is 5.96. The second-order valence-corrected chi connectivity index (χ2v) is 7.28. The molecule has 0 amide bonds. The summed E-state index contributed by atoms with van der Waals surface area (Å²) in [5.74, 6) is 0.787. The first-order valence-corrected chi connectivity index (χ1v) is 9.24. The molecule has 23 heavy (non-hydrogen) atoms. The summed E-state index contributed by atoms with van der Waals surface area (Å²) in [6.07, 6.45) is 8.32. The molecule has 0 unspecified atom stereocenters. The molecule has 0 saturated heterocycles. The molecule has 0 atom stereocenters. The van der Waals surface area contributed by atoms with Crippen molar-refractivity contribution in [1.82, 2.24) is 15.1 Å². The number of halogens is 1. The summed E-state index contributed by atoms with van der Waals surface area (Å²) in [4.78, 5) is 0. The SMILES string of the molecule is S=C(Nc1ccn(Cc2ccc(Br)cc2)n1)NC1CCCCC1. The predicted octanol–water partition coefficient (Wildman–Crippen LogP) is 4.31. The van der Waals surface area contributed by atoms with Crippen LogP contribution in [0.3, 0.4) is 0 Å². The number of nitrogens with zero attached hydrogens (tertiary/aromatic N) is 2. The number of anilines is 1. The van der Waals surface area contributed by atoms with E-state index in [9.17, 15) is 0 Å². The largest absolute Gasteiger partial charge is 0.360 e. The van der Waals surface area contributed by atoms with E-state index in [2.05, 4.69) is 43.8 Å². The zero-order chi connectivity index (χ0) is 16.1. The molecule has 1 aromatic heterocycles. The highest BCUT2D eigenvalue weighted by Crippen LogP contribution is 2.17. The molecule has 0 aliphatic heterocycles. The second kappa shape index (κ2) is 7.93. The van der Waals surface area contributed by atoms with Crippen LogP contribution >= 0.6 is 28.1 Å². The molecule has 2 aromatic rings. The van der Waals surface area contributed by atoms with E-state index in [0.717, 1.165) is 16.8 Å². The van der Waals surface area contributed by atoms with Gasteiger partial charge < -0.3 is 10.6 Å². The number of aromatic nitrogens is 2. The highest BCUT2D eigenvalue weighted by Gasteiger charge is 2.14. The first-order valence-electron chi connectivity index (χ1n) is 8.04. The van der Waals surface area contributed by atoms with Gasteiger partial charge in [-0.15, -0.1) is 0 Å². The monoisotopic (exact) mass is 392 g/mol. The molecule has 1 heterocycles. The minimum Gasteiger partial charge on any atom is -0.360 e. The third kappa shape index (κ3) is 5.04. The fraction of sp³-hybridized carbons (Fsp3) is 0.412. The van der Waals surface area contributed by atoms with Crippen molar-refractivity contribution >= 4 is 39.1 Å². The molecule has 3 rings (SSSR count). The molecule has 6 heteroatoms. The Morgan fingerprint density at radius 1 is 1.17 bits per heavy atom. The Kier molecular flexibility index (Phi) is 5.67. The molecule has 1 aromatic carbocycles. The van der Waals surface area contributed by atoms with Crippen LogP contribution in [0.15, 0.2) is 41.0 Å². The van der Waals surface area contributed by atoms with Crippen molar-refractivity contribution in [3.8, 4) is 0 Å². The molecular weight excluding hydrogens is 372 g/mol. The van der Waals surface area contributed by atoms with Gasteiger partial charge in [0, 0.05) is 22.8 Å². The van der Waals surface area contributed by atoms with Crippen molar-refractivity contribution in [3.05, 3.63) is 46.6 Å². The van der Waals surface area contributed by atoms with Gasteiger partial charge in [-0.05, 0) is 42.8 Å². The van der Waals surface area contributed by atoms with Gasteiger partial charge in [0.15, 0.2) is 10.9 Å². The zero-order valence-corrected chi connectivity index (χ0v) is 15.4. The van der Waals surface area contributed by atoms with Gasteiger partial charge in [0.2, 0.25) is 0 Å². The van der Waals surface area contributed by atoms with Gasteiger partial charge in [0.05, 0.1) is 6.54 Å². The minimum absolute atomic E-state index is 0.508. The van der Waals surface area contributed by atoms with Crippen LogP contribution in [0.4, 0.5) is 5.82 Å². The van der Waals surface area contributed by atoms with Crippen LogP contribution in [0, 0.1) is 0 Å². The summed E-state index contributed by atoms with van der Waals surface area (Å²) in [6, 6.07) is 10.7. The third-order valence-corrected chi connectivity index (χ3v) is 4.83. The van der Waals surface area contributed by atoms with Crippen LogP contribution in [0.25, 0.3) is 0 Å². The van der Waals surface area contributed by atoms with Crippen LogP contribution in [0.1, 0.15) is 37.7 Å². The lowest BCUT2D eigenvalue weighted by molar-refractivity contribution is 0.415. The molecule has 122 valence electrons. The van der Waals surface area contributed by atoms with Crippen LogP contribution in [0.5, 0.6) is 0 Å². The van der Waals surface area contributed by atoms with Crippen LogP contribution in [0.2, 0.25) is 0 Å². The van der Waals surface area contributed by atoms with Crippen LogP contribution in [-0.4, -0.2) is 20.9 Å². The van der Waals surface area contributed by atoms with Crippen molar-refractivity contribution < 1.29 is 0 Å². The van der Waals surface area contributed by atoms with E-state index in [0.29, 0.717) is 11.2 Å². The molecule has 1 aliphatic rings. The van der Waals surface area contributed by atoms with Gasteiger partial charge in [-0.3, -0.25) is 4.68 Å². The van der Waals surface area contributed by atoms with E-state index in [1.165, 1.54) is 37.7 Å². The molecule has 4 nitrogen and oxygen atoms in total. The van der Waals surface area contributed by atoms with Gasteiger partial charge >= 0.3 is 0 Å². The van der Waals surface area contributed by atoms with Crippen molar-refractivity contribution in [2.75, 3.05) is 5.32 Å². The minimum atomic E-state index is 0.508. The number of thiocarbonyl (C=S) groups is 1. The lowest BCUT2D eigenvalue weighted by atomic mass is 9.96. The molecule has 1 aliphatic carbocycles. The Balaban J connectivity index is 1.52.